The van der Waals surface area contributed by atoms with Gasteiger partial charge in [-0.3, -0.25) is 0 Å². The van der Waals surface area contributed by atoms with Crippen molar-refractivity contribution in [3.63, 3.8) is 0 Å². The van der Waals surface area contributed by atoms with Crippen LogP contribution in [-0.2, 0) is 6.42 Å². The smallest absolute Gasteiger partial charge is 0.0734 e. The van der Waals surface area contributed by atoms with Crippen LogP contribution in [0.15, 0.2) is 54.6 Å². The zero-order valence-corrected chi connectivity index (χ0v) is 15.9. The molecule has 25 heavy (non-hydrogen) atoms. The maximum atomic E-state index is 11.7. The van der Waals surface area contributed by atoms with Gasteiger partial charge in [0.1, 0.15) is 0 Å². The van der Waals surface area contributed by atoms with E-state index >= 15 is 0 Å². The Bertz CT molecular complexity index is 687. The second kappa shape index (κ2) is 7.90. The molecule has 1 aliphatic rings. The van der Waals surface area contributed by atoms with Crippen molar-refractivity contribution in [2.45, 2.75) is 43.7 Å². The summed E-state index contributed by atoms with van der Waals surface area (Å²) in [7, 11) is 4.20. The molecule has 0 saturated heterocycles. The van der Waals surface area contributed by atoms with E-state index in [0.717, 1.165) is 24.3 Å². The predicted octanol–water partition coefficient (Wildman–Crippen LogP) is 5.11. The molecule has 0 aliphatic heterocycles. The molecule has 3 unspecified atom stereocenters. The Morgan fingerprint density at radius 1 is 1.12 bits per heavy atom. The van der Waals surface area contributed by atoms with E-state index in [2.05, 4.69) is 49.3 Å². The fourth-order valence-electron chi connectivity index (χ4n) is 4.45. The molecule has 134 valence electrons. The second-order valence-electron chi connectivity index (χ2n) is 7.58. The van der Waals surface area contributed by atoms with Crippen molar-refractivity contribution in [2.75, 3.05) is 14.1 Å². The van der Waals surface area contributed by atoms with Crippen LogP contribution in [0.25, 0.3) is 0 Å². The number of hydrogen-bond acceptors (Lipinski definition) is 2. The third-order valence-electron chi connectivity index (χ3n) is 5.55. The highest BCUT2D eigenvalue weighted by Crippen LogP contribution is 2.45. The monoisotopic (exact) mass is 357 g/mol. The summed E-state index contributed by atoms with van der Waals surface area (Å²) >= 11 is 6.25. The zero-order chi connectivity index (χ0) is 17.9. The molecule has 3 atom stereocenters. The van der Waals surface area contributed by atoms with Gasteiger partial charge in [-0.1, -0.05) is 66.9 Å². The van der Waals surface area contributed by atoms with Crippen LogP contribution in [0, 0.1) is 5.92 Å². The Balaban J connectivity index is 1.94. The first-order chi connectivity index (χ1) is 12.0. The zero-order valence-electron chi connectivity index (χ0n) is 15.2. The number of nitrogens with zero attached hydrogens (tertiary/aromatic N) is 1. The van der Waals surface area contributed by atoms with Gasteiger partial charge < -0.3 is 10.0 Å². The maximum absolute atomic E-state index is 11.7. The van der Waals surface area contributed by atoms with Crippen LogP contribution >= 0.6 is 11.6 Å². The highest BCUT2D eigenvalue weighted by molar-refractivity contribution is 6.30. The van der Waals surface area contributed by atoms with Gasteiger partial charge in [0.2, 0.25) is 0 Å². The molecule has 2 aromatic rings. The number of hydrogen-bond donors (Lipinski definition) is 1. The molecule has 0 bridgehead atoms. The summed E-state index contributed by atoms with van der Waals surface area (Å²) in [6.45, 7) is 0. The van der Waals surface area contributed by atoms with Gasteiger partial charge in [0.15, 0.2) is 0 Å². The molecule has 2 nitrogen and oxygen atoms in total. The highest BCUT2D eigenvalue weighted by Gasteiger charge is 2.44. The van der Waals surface area contributed by atoms with Crippen molar-refractivity contribution in [2.24, 2.45) is 5.92 Å². The van der Waals surface area contributed by atoms with E-state index in [0.29, 0.717) is 6.42 Å². The van der Waals surface area contributed by atoms with Crippen LogP contribution in [-0.4, -0.2) is 29.7 Å². The summed E-state index contributed by atoms with van der Waals surface area (Å²) in [4.78, 5) is 2.23. The first-order valence-corrected chi connectivity index (χ1v) is 9.55. The third-order valence-corrected chi connectivity index (χ3v) is 5.78. The van der Waals surface area contributed by atoms with E-state index in [4.69, 9.17) is 11.6 Å². The number of halogens is 1. The maximum Gasteiger partial charge on any atom is 0.0734 e. The number of benzene rings is 2. The molecule has 0 spiro atoms. The Kier molecular flexibility index (Phi) is 5.83. The van der Waals surface area contributed by atoms with Gasteiger partial charge in [0, 0.05) is 23.4 Å². The van der Waals surface area contributed by atoms with Crippen molar-refractivity contribution in [3.8, 4) is 0 Å². The topological polar surface area (TPSA) is 23.5 Å². The molecule has 0 amide bonds. The van der Waals surface area contributed by atoms with Crippen molar-refractivity contribution in [1.29, 1.82) is 0 Å². The van der Waals surface area contributed by atoms with Crippen LogP contribution in [0.3, 0.4) is 0 Å². The molecule has 1 fully saturated rings. The van der Waals surface area contributed by atoms with E-state index in [9.17, 15) is 5.11 Å². The van der Waals surface area contributed by atoms with Crippen molar-refractivity contribution in [3.05, 3.63) is 70.7 Å². The van der Waals surface area contributed by atoms with Crippen molar-refractivity contribution in [1.82, 2.24) is 4.90 Å². The molecular weight excluding hydrogens is 330 g/mol. The van der Waals surface area contributed by atoms with Gasteiger partial charge in [-0.05, 0) is 50.2 Å². The Morgan fingerprint density at radius 2 is 1.88 bits per heavy atom. The lowest BCUT2D eigenvalue weighted by molar-refractivity contribution is -0.0770. The lowest BCUT2D eigenvalue weighted by Crippen LogP contribution is -2.48. The Hall–Kier alpha value is -1.35. The minimum Gasteiger partial charge on any atom is -0.389 e. The molecule has 0 aromatic heterocycles. The minimum absolute atomic E-state index is 0.160. The molecule has 1 saturated carbocycles. The summed E-state index contributed by atoms with van der Waals surface area (Å²) in [6, 6.07) is 18.6. The second-order valence-corrected chi connectivity index (χ2v) is 8.02. The highest BCUT2D eigenvalue weighted by atomic mass is 35.5. The lowest BCUT2D eigenvalue weighted by atomic mass is 9.67. The molecule has 3 rings (SSSR count). The minimum atomic E-state index is -0.684. The van der Waals surface area contributed by atoms with E-state index in [-0.39, 0.29) is 12.0 Å². The predicted molar refractivity (Wildman–Crippen MR) is 105 cm³/mol. The largest absolute Gasteiger partial charge is 0.389 e. The molecule has 3 heteroatoms. The lowest BCUT2D eigenvalue weighted by Gasteiger charge is -2.46. The van der Waals surface area contributed by atoms with Crippen LogP contribution in [0.5, 0.6) is 0 Å². The first kappa shape index (κ1) is 18.4. The van der Waals surface area contributed by atoms with Gasteiger partial charge >= 0.3 is 0 Å². The van der Waals surface area contributed by atoms with E-state index in [1.165, 1.54) is 17.5 Å². The Morgan fingerprint density at radius 3 is 2.56 bits per heavy atom. The molecule has 0 heterocycles. The summed E-state index contributed by atoms with van der Waals surface area (Å²) in [5.74, 6) is 0.190. The van der Waals surface area contributed by atoms with Gasteiger partial charge in [-0.2, -0.15) is 0 Å². The van der Waals surface area contributed by atoms with Gasteiger partial charge in [-0.25, -0.2) is 0 Å². The van der Waals surface area contributed by atoms with E-state index < -0.39 is 5.60 Å². The molecule has 1 aliphatic carbocycles. The standard InChI is InChI=1S/C22H28ClNO/c1-24(2)21(18-11-8-12-19(23)15-18)20-13-6-7-14-22(20,25)16-17-9-4-3-5-10-17/h3-5,8-12,15,20-21,25H,6-7,13-14,16H2,1-2H3. The molecule has 0 radical (unpaired) electrons. The Labute approximate surface area is 156 Å². The quantitative estimate of drug-likeness (QED) is 0.804. The molecule has 1 N–H and O–H groups in total. The van der Waals surface area contributed by atoms with E-state index in [1.807, 2.05) is 24.3 Å². The van der Waals surface area contributed by atoms with Crippen LogP contribution in [0.2, 0.25) is 5.02 Å². The van der Waals surface area contributed by atoms with Gasteiger partial charge in [0.25, 0.3) is 0 Å². The summed E-state index contributed by atoms with van der Waals surface area (Å²) in [5.41, 5.74) is 1.72. The third kappa shape index (κ3) is 4.25. The summed E-state index contributed by atoms with van der Waals surface area (Å²) in [5, 5.41) is 12.4. The number of rotatable bonds is 5. The average molecular weight is 358 g/mol. The molecular formula is C22H28ClNO. The van der Waals surface area contributed by atoms with Crippen molar-refractivity contribution < 1.29 is 5.11 Å². The fraction of sp³-hybridized carbons (Fsp3) is 0.455. The van der Waals surface area contributed by atoms with Crippen LogP contribution in [0.4, 0.5) is 0 Å². The van der Waals surface area contributed by atoms with Gasteiger partial charge in [0.05, 0.1) is 5.60 Å². The first-order valence-electron chi connectivity index (χ1n) is 9.18. The van der Waals surface area contributed by atoms with Crippen LogP contribution in [0.1, 0.15) is 42.9 Å². The summed E-state index contributed by atoms with van der Waals surface area (Å²) in [6.07, 6.45) is 4.88. The normalized spacial score (nSPS) is 25.1. The average Bonchev–Trinajstić information content (AvgIpc) is 2.57. The van der Waals surface area contributed by atoms with Crippen molar-refractivity contribution >= 4 is 11.6 Å². The fourth-order valence-corrected chi connectivity index (χ4v) is 4.65. The number of aliphatic hydroxyl groups is 1. The van der Waals surface area contributed by atoms with E-state index in [1.54, 1.807) is 0 Å². The SMILES string of the molecule is CN(C)C(c1cccc(Cl)c1)C1CCCCC1(O)Cc1ccccc1. The molecule has 2 aromatic carbocycles. The van der Waals surface area contributed by atoms with Crippen LogP contribution < -0.4 is 0 Å². The van der Waals surface area contributed by atoms with Gasteiger partial charge in [-0.15, -0.1) is 0 Å². The summed E-state index contributed by atoms with van der Waals surface area (Å²) < 4.78 is 0.